The quantitative estimate of drug-likeness (QED) is 0.571. The van der Waals surface area contributed by atoms with Gasteiger partial charge in [-0.1, -0.05) is 6.08 Å². The van der Waals surface area contributed by atoms with Crippen LogP contribution in [0.15, 0.2) is 18.9 Å². The molecule has 0 saturated carbocycles. The second-order valence-electron chi connectivity index (χ2n) is 7.79. The molecule has 0 aliphatic heterocycles. The summed E-state index contributed by atoms with van der Waals surface area (Å²) in [6.45, 7) is 8.03. The molecule has 1 aliphatic rings. The molecule has 1 aliphatic carbocycles. The van der Waals surface area contributed by atoms with Gasteiger partial charge in [-0.2, -0.15) is 5.10 Å². The van der Waals surface area contributed by atoms with Crippen molar-refractivity contribution in [3.8, 4) is 0 Å². The van der Waals surface area contributed by atoms with Crippen LogP contribution < -0.4 is 10.6 Å². The average Bonchev–Trinajstić information content (AvgIpc) is 3.35. The molecule has 4 rings (SSSR count). The van der Waals surface area contributed by atoms with Gasteiger partial charge in [-0.25, -0.2) is 14.5 Å². The first-order valence-corrected chi connectivity index (χ1v) is 11.3. The first kappa shape index (κ1) is 21.2. The Balaban J connectivity index is 1.56. The highest BCUT2D eigenvalue weighted by atomic mass is 32.1. The molecule has 2 amide bonds. The number of fused-ring (bicyclic) bond motifs is 2. The fraction of sp³-hybridized carbons (Fsp3) is 0.409. The fourth-order valence-corrected chi connectivity index (χ4v) is 5.26. The van der Waals surface area contributed by atoms with Crippen LogP contribution in [0, 0.1) is 13.8 Å². The maximum absolute atomic E-state index is 13.1. The standard InChI is InChI=1S/C22H26N6O2S/c1-4-11-27(22-26-17-7-5-6-8-18(17)31-22)19(29)10-9-15-13(2)25-21-16(20(23)30)12-24-28(21)14(15)3/h4,12H,1,5-11H2,2-3H3,(H2,23,30). The number of carbonyl (C=O) groups excluding carboxylic acids is 2. The van der Waals surface area contributed by atoms with Gasteiger partial charge in [0.25, 0.3) is 5.91 Å². The van der Waals surface area contributed by atoms with Crippen molar-refractivity contribution in [3.63, 3.8) is 0 Å². The second kappa shape index (κ2) is 8.58. The molecule has 31 heavy (non-hydrogen) atoms. The molecule has 0 bridgehead atoms. The number of aromatic nitrogens is 4. The van der Waals surface area contributed by atoms with Crippen molar-refractivity contribution in [3.05, 3.63) is 51.9 Å². The lowest BCUT2D eigenvalue weighted by Gasteiger charge is -2.19. The number of rotatable bonds is 7. The van der Waals surface area contributed by atoms with Gasteiger partial charge in [-0.3, -0.25) is 14.5 Å². The Morgan fingerprint density at radius 2 is 2.06 bits per heavy atom. The van der Waals surface area contributed by atoms with E-state index in [-0.39, 0.29) is 5.91 Å². The lowest BCUT2D eigenvalue weighted by molar-refractivity contribution is -0.118. The number of carbonyl (C=O) groups is 2. The number of hydrogen-bond acceptors (Lipinski definition) is 6. The van der Waals surface area contributed by atoms with E-state index in [0.717, 1.165) is 47.0 Å². The topological polar surface area (TPSA) is 106 Å². The van der Waals surface area contributed by atoms with E-state index in [1.54, 1.807) is 26.8 Å². The van der Waals surface area contributed by atoms with Gasteiger partial charge >= 0.3 is 0 Å². The monoisotopic (exact) mass is 438 g/mol. The average molecular weight is 439 g/mol. The van der Waals surface area contributed by atoms with Gasteiger partial charge in [0, 0.05) is 29.2 Å². The summed E-state index contributed by atoms with van der Waals surface area (Å²) in [5.41, 5.74) is 9.85. The van der Waals surface area contributed by atoms with Crippen molar-refractivity contribution < 1.29 is 9.59 Å². The third-order valence-electron chi connectivity index (χ3n) is 5.74. The molecule has 3 aromatic rings. The van der Waals surface area contributed by atoms with E-state index in [1.165, 1.54) is 17.5 Å². The van der Waals surface area contributed by atoms with Crippen LogP contribution >= 0.6 is 11.3 Å². The smallest absolute Gasteiger partial charge is 0.254 e. The highest BCUT2D eigenvalue weighted by Gasteiger charge is 2.23. The largest absolute Gasteiger partial charge is 0.365 e. The number of nitrogens with two attached hydrogens (primary N) is 1. The zero-order chi connectivity index (χ0) is 22.1. The zero-order valence-corrected chi connectivity index (χ0v) is 18.7. The summed E-state index contributed by atoms with van der Waals surface area (Å²) in [5, 5.41) is 5.02. The Bertz CT molecular complexity index is 1160. The molecule has 162 valence electrons. The summed E-state index contributed by atoms with van der Waals surface area (Å²) in [6.07, 6.45) is 8.38. The van der Waals surface area contributed by atoms with Crippen LogP contribution in [0.5, 0.6) is 0 Å². The Hall–Kier alpha value is -3.07. The first-order chi connectivity index (χ1) is 14.9. The van der Waals surface area contributed by atoms with Gasteiger partial charge in [0.05, 0.1) is 11.9 Å². The van der Waals surface area contributed by atoms with Crippen molar-refractivity contribution in [2.24, 2.45) is 5.73 Å². The Morgan fingerprint density at radius 1 is 1.29 bits per heavy atom. The van der Waals surface area contributed by atoms with Crippen LogP contribution in [0.4, 0.5) is 5.13 Å². The molecule has 0 spiro atoms. The fourth-order valence-electron chi connectivity index (χ4n) is 4.08. The maximum atomic E-state index is 13.1. The number of amides is 2. The SMILES string of the molecule is C=CCN(C(=O)CCc1c(C)nc2c(C(N)=O)cnn2c1C)c1nc2c(s1)CCCC2. The summed E-state index contributed by atoms with van der Waals surface area (Å²) < 4.78 is 1.61. The van der Waals surface area contributed by atoms with Gasteiger partial charge in [0.2, 0.25) is 5.91 Å². The number of anilines is 1. The van der Waals surface area contributed by atoms with Crippen LogP contribution in [0.2, 0.25) is 0 Å². The van der Waals surface area contributed by atoms with Crippen LogP contribution in [0.1, 0.15) is 57.1 Å². The van der Waals surface area contributed by atoms with E-state index in [0.29, 0.717) is 30.6 Å². The highest BCUT2D eigenvalue weighted by Crippen LogP contribution is 2.32. The van der Waals surface area contributed by atoms with E-state index >= 15 is 0 Å². The van der Waals surface area contributed by atoms with Crippen molar-refractivity contribution in [2.45, 2.75) is 52.4 Å². The predicted octanol–water partition coefficient (Wildman–Crippen LogP) is 2.93. The number of hydrogen-bond donors (Lipinski definition) is 1. The third kappa shape index (κ3) is 3.97. The van der Waals surface area contributed by atoms with E-state index in [1.807, 2.05) is 13.8 Å². The molecule has 0 aromatic carbocycles. The third-order valence-corrected chi connectivity index (χ3v) is 6.92. The number of nitrogens with zero attached hydrogens (tertiary/aromatic N) is 5. The second-order valence-corrected chi connectivity index (χ2v) is 8.85. The minimum Gasteiger partial charge on any atom is -0.365 e. The molecule has 0 fully saturated rings. The lowest BCUT2D eigenvalue weighted by Crippen LogP contribution is -2.31. The molecule has 3 heterocycles. The van der Waals surface area contributed by atoms with E-state index < -0.39 is 5.91 Å². The molecule has 0 saturated heterocycles. The van der Waals surface area contributed by atoms with Gasteiger partial charge in [0.15, 0.2) is 10.8 Å². The Labute approximate surface area is 184 Å². The van der Waals surface area contributed by atoms with Crippen LogP contribution in [0.25, 0.3) is 5.65 Å². The summed E-state index contributed by atoms with van der Waals surface area (Å²) in [5.74, 6) is -0.557. The predicted molar refractivity (Wildman–Crippen MR) is 121 cm³/mol. The van der Waals surface area contributed by atoms with E-state index in [4.69, 9.17) is 10.7 Å². The first-order valence-electron chi connectivity index (χ1n) is 10.4. The lowest BCUT2D eigenvalue weighted by atomic mass is 10.0. The minimum absolute atomic E-state index is 0.00295. The van der Waals surface area contributed by atoms with Crippen molar-refractivity contribution in [1.82, 2.24) is 19.6 Å². The number of thiazole rings is 1. The molecule has 9 heteroatoms. The molecule has 2 N–H and O–H groups in total. The van der Waals surface area contributed by atoms with E-state index in [9.17, 15) is 9.59 Å². The number of aryl methyl sites for hydroxylation is 4. The molecular weight excluding hydrogens is 412 g/mol. The minimum atomic E-state index is -0.560. The summed E-state index contributed by atoms with van der Waals surface area (Å²) in [7, 11) is 0. The van der Waals surface area contributed by atoms with Crippen molar-refractivity contribution >= 4 is 33.9 Å². The normalized spacial score (nSPS) is 13.2. The molecule has 3 aromatic heterocycles. The Kier molecular flexibility index (Phi) is 5.86. The maximum Gasteiger partial charge on any atom is 0.254 e. The van der Waals surface area contributed by atoms with E-state index in [2.05, 4.69) is 16.7 Å². The molecular formula is C22H26N6O2S. The van der Waals surface area contributed by atoms with Gasteiger partial charge < -0.3 is 5.73 Å². The van der Waals surface area contributed by atoms with Crippen LogP contribution in [-0.4, -0.2) is 37.9 Å². The van der Waals surface area contributed by atoms with Crippen LogP contribution in [-0.2, 0) is 24.1 Å². The summed E-state index contributed by atoms with van der Waals surface area (Å²) >= 11 is 1.62. The van der Waals surface area contributed by atoms with Gasteiger partial charge in [0.1, 0.15) is 5.56 Å². The Morgan fingerprint density at radius 3 is 2.77 bits per heavy atom. The zero-order valence-electron chi connectivity index (χ0n) is 17.8. The summed E-state index contributed by atoms with van der Waals surface area (Å²) in [4.78, 5) is 37.0. The highest BCUT2D eigenvalue weighted by molar-refractivity contribution is 7.16. The van der Waals surface area contributed by atoms with Crippen molar-refractivity contribution in [1.29, 1.82) is 0 Å². The molecule has 0 unspecified atom stereocenters. The molecule has 0 atom stereocenters. The van der Waals surface area contributed by atoms with Gasteiger partial charge in [-0.05, 0) is 51.5 Å². The van der Waals surface area contributed by atoms with Crippen molar-refractivity contribution in [2.75, 3.05) is 11.4 Å². The molecule has 8 nitrogen and oxygen atoms in total. The summed E-state index contributed by atoms with van der Waals surface area (Å²) in [6, 6.07) is 0. The van der Waals surface area contributed by atoms with Gasteiger partial charge in [-0.15, -0.1) is 17.9 Å². The number of primary amides is 1. The molecule has 0 radical (unpaired) electrons. The van der Waals surface area contributed by atoms with Crippen LogP contribution in [0.3, 0.4) is 0 Å².